The Morgan fingerprint density at radius 2 is 1.72 bits per heavy atom. The van der Waals surface area contributed by atoms with Gasteiger partial charge in [-0.1, -0.05) is 12.1 Å². The smallest absolute Gasteiger partial charge is 0.255 e. The number of benzene rings is 2. The SMILES string of the molecule is C[C@H](NS(=O)(=O)c1ccc(NC(=O)c2ccncc2)cc1)c1cccc(-n2cccn2)c1. The zero-order valence-corrected chi connectivity index (χ0v) is 18.0. The van der Waals surface area contributed by atoms with E-state index in [1.165, 1.54) is 24.5 Å². The van der Waals surface area contributed by atoms with Gasteiger partial charge in [0.25, 0.3) is 5.91 Å². The first-order valence-corrected chi connectivity index (χ1v) is 11.3. The first-order chi connectivity index (χ1) is 15.4. The molecule has 0 unspecified atom stereocenters. The summed E-state index contributed by atoms with van der Waals surface area (Å²) in [5, 5.41) is 6.93. The summed E-state index contributed by atoms with van der Waals surface area (Å²) < 4.78 is 30.1. The molecule has 9 heteroatoms. The van der Waals surface area contributed by atoms with Gasteiger partial charge in [0.05, 0.1) is 10.6 Å². The van der Waals surface area contributed by atoms with E-state index < -0.39 is 16.1 Å². The van der Waals surface area contributed by atoms with Gasteiger partial charge < -0.3 is 5.32 Å². The van der Waals surface area contributed by atoms with Gasteiger partial charge in [-0.3, -0.25) is 9.78 Å². The van der Waals surface area contributed by atoms with Crippen molar-refractivity contribution in [3.8, 4) is 5.69 Å². The van der Waals surface area contributed by atoms with Gasteiger partial charge in [-0.15, -0.1) is 0 Å². The molecule has 2 N–H and O–H groups in total. The number of sulfonamides is 1. The molecule has 0 fully saturated rings. The largest absolute Gasteiger partial charge is 0.322 e. The normalized spacial score (nSPS) is 12.3. The van der Waals surface area contributed by atoms with E-state index in [1.54, 1.807) is 42.1 Å². The number of amides is 1. The van der Waals surface area contributed by atoms with Gasteiger partial charge in [0, 0.05) is 42.1 Å². The average Bonchev–Trinajstić information content (AvgIpc) is 3.35. The fraction of sp³-hybridized carbons (Fsp3) is 0.0870. The van der Waals surface area contributed by atoms with Crippen LogP contribution < -0.4 is 10.0 Å². The molecular weight excluding hydrogens is 426 g/mol. The third-order valence-electron chi connectivity index (χ3n) is 4.84. The Morgan fingerprint density at radius 1 is 0.969 bits per heavy atom. The quantitative estimate of drug-likeness (QED) is 0.451. The maximum atomic E-state index is 12.9. The summed E-state index contributed by atoms with van der Waals surface area (Å²) in [6, 6.07) is 18.1. The minimum atomic E-state index is -3.77. The molecule has 0 radical (unpaired) electrons. The molecule has 32 heavy (non-hydrogen) atoms. The van der Waals surface area contributed by atoms with Crippen LogP contribution in [0.3, 0.4) is 0 Å². The van der Waals surface area contributed by atoms with E-state index in [0.29, 0.717) is 11.3 Å². The number of rotatable bonds is 7. The Hall–Kier alpha value is -3.82. The van der Waals surface area contributed by atoms with Crippen molar-refractivity contribution >= 4 is 21.6 Å². The molecule has 4 aromatic rings. The minimum Gasteiger partial charge on any atom is -0.322 e. The first kappa shape index (κ1) is 21.4. The van der Waals surface area contributed by atoms with E-state index >= 15 is 0 Å². The maximum absolute atomic E-state index is 12.9. The van der Waals surface area contributed by atoms with Crippen LogP contribution in [0.4, 0.5) is 5.69 Å². The summed E-state index contributed by atoms with van der Waals surface area (Å²) in [6.07, 6.45) is 6.56. The molecule has 0 aliphatic heterocycles. The molecule has 4 rings (SSSR count). The Morgan fingerprint density at radius 3 is 2.41 bits per heavy atom. The van der Waals surface area contributed by atoms with Crippen molar-refractivity contribution in [3.63, 3.8) is 0 Å². The van der Waals surface area contributed by atoms with E-state index in [-0.39, 0.29) is 10.8 Å². The third-order valence-corrected chi connectivity index (χ3v) is 6.39. The Labute approximate surface area is 186 Å². The highest BCUT2D eigenvalue weighted by atomic mass is 32.2. The summed E-state index contributed by atoms with van der Waals surface area (Å²) in [5.74, 6) is -0.299. The molecule has 1 amide bonds. The van der Waals surface area contributed by atoms with E-state index in [1.807, 2.05) is 36.5 Å². The molecule has 162 valence electrons. The van der Waals surface area contributed by atoms with Gasteiger partial charge in [-0.2, -0.15) is 5.10 Å². The molecule has 2 aromatic heterocycles. The Balaban J connectivity index is 1.45. The van der Waals surface area contributed by atoms with Crippen LogP contribution in [-0.2, 0) is 10.0 Å². The highest BCUT2D eigenvalue weighted by Gasteiger charge is 2.19. The molecule has 0 aliphatic rings. The first-order valence-electron chi connectivity index (χ1n) is 9.86. The molecule has 0 bridgehead atoms. The lowest BCUT2D eigenvalue weighted by atomic mass is 10.1. The van der Waals surface area contributed by atoms with Crippen LogP contribution in [0.25, 0.3) is 5.69 Å². The molecule has 0 saturated heterocycles. The van der Waals surface area contributed by atoms with Gasteiger partial charge in [0.15, 0.2) is 0 Å². The van der Waals surface area contributed by atoms with Crippen molar-refractivity contribution in [1.29, 1.82) is 0 Å². The van der Waals surface area contributed by atoms with Crippen molar-refractivity contribution in [2.45, 2.75) is 17.9 Å². The second-order valence-electron chi connectivity index (χ2n) is 7.10. The highest BCUT2D eigenvalue weighted by molar-refractivity contribution is 7.89. The van der Waals surface area contributed by atoms with Crippen molar-refractivity contribution in [3.05, 3.63) is 103 Å². The predicted octanol–water partition coefficient (Wildman–Crippen LogP) is 3.56. The van der Waals surface area contributed by atoms with Crippen LogP contribution in [0.2, 0.25) is 0 Å². The second-order valence-corrected chi connectivity index (χ2v) is 8.82. The van der Waals surface area contributed by atoms with Crippen LogP contribution in [0.15, 0.2) is 96.4 Å². The number of anilines is 1. The fourth-order valence-electron chi connectivity index (χ4n) is 3.15. The fourth-order valence-corrected chi connectivity index (χ4v) is 4.38. The van der Waals surface area contributed by atoms with Gasteiger partial charge in [-0.25, -0.2) is 17.8 Å². The number of pyridine rings is 1. The van der Waals surface area contributed by atoms with E-state index in [2.05, 4.69) is 20.1 Å². The van der Waals surface area contributed by atoms with Crippen molar-refractivity contribution in [2.75, 3.05) is 5.32 Å². The van der Waals surface area contributed by atoms with Gasteiger partial charge in [0.1, 0.15) is 0 Å². The number of aromatic nitrogens is 3. The third kappa shape index (κ3) is 4.90. The van der Waals surface area contributed by atoms with Crippen LogP contribution in [0, 0.1) is 0 Å². The van der Waals surface area contributed by atoms with Crippen LogP contribution in [0.1, 0.15) is 28.9 Å². The molecule has 1 atom stereocenters. The second kappa shape index (κ2) is 9.13. The standard InChI is InChI=1S/C23H21N5O3S/c1-17(19-4-2-5-21(16-19)28-15-3-12-25-28)27-32(30,31)22-8-6-20(7-9-22)26-23(29)18-10-13-24-14-11-18/h2-17,27H,1H3,(H,26,29)/t17-/m0/s1. The number of hydrogen-bond donors (Lipinski definition) is 2. The summed E-state index contributed by atoms with van der Waals surface area (Å²) in [4.78, 5) is 16.2. The summed E-state index contributed by atoms with van der Waals surface area (Å²) in [6.45, 7) is 1.78. The molecule has 2 aromatic carbocycles. The Kier molecular flexibility index (Phi) is 6.11. The number of carbonyl (C=O) groups is 1. The predicted molar refractivity (Wildman–Crippen MR) is 121 cm³/mol. The average molecular weight is 448 g/mol. The topological polar surface area (TPSA) is 106 Å². The lowest BCUT2D eigenvalue weighted by molar-refractivity contribution is 0.102. The van der Waals surface area contributed by atoms with Gasteiger partial charge in [-0.05, 0) is 67.1 Å². The van der Waals surface area contributed by atoms with E-state index in [4.69, 9.17) is 0 Å². The lowest BCUT2D eigenvalue weighted by Gasteiger charge is -2.16. The van der Waals surface area contributed by atoms with Crippen molar-refractivity contribution in [2.24, 2.45) is 0 Å². The number of carbonyl (C=O) groups excluding carboxylic acids is 1. The molecule has 0 spiro atoms. The number of nitrogens with one attached hydrogen (secondary N) is 2. The van der Waals surface area contributed by atoms with E-state index in [9.17, 15) is 13.2 Å². The monoisotopic (exact) mass is 447 g/mol. The maximum Gasteiger partial charge on any atom is 0.255 e. The van der Waals surface area contributed by atoms with Crippen molar-refractivity contribution < 1.29 is 13.2 Å². The van der Waals surface area contributed by atoms with Gasteiger partial charge in [0.2, 0.25) is 10.0 Å². The molecule has 2 heterocycles. The molecule has 0 aliphatic carbocycles. The highest BCUT2D eigenvalue weighted by Crippen LogP contribution is 2.21. The summed E-state index contributed by atoms with van der Waals surface area (Å²) >= 11 is 0. The van der Waals surface area contributed by atoms with Crippen LogP contribution >= 0.6 is 0 Å². The zero-order valence-electron chi connectivity index (χ0n) is 17.2. The van der Waals surface area contributed by atoms with Gasteiger partial charge >= 0.3 is 0 Å². The number of nitrogens with zero attached hydrogens (tertiary/aromatic N) is 3. The zero-order chi connectivity index (χ0) is 22.6. The van der Waals surface area contributed by atoms with Crippen LogP contribution in [0.5, 0.6) is 0 Å². The minimum absolute atomic E-state index is 0.106. The number of hydrogen-bond acceptors (Lipinski definition) is 5. The summed E-state index contributed by atoms with van der Waals surface area (Å²) in [7, 11) is -3.77. The summed E-state index contributed by atoms with van der Waals surface area (Å²) in [5.41, 5.74) is 2.60. The van der Waals surface area contributed by atoms with Crippen LogP contribution in [-0.4, -0.2) is 29.1 Å². The molecule has 8 nitrogen and oxygen atoms in total. The Bertz CT molecular complexity index is 1310. The van der Waals surface area contributed by atoms with E-state index in [0.717, 1.165) is 11.3 Å². The lowest BCUT2D eigenvalue weighted by Crippen LogP contribution is -2.27. The molecular formula is C23H21N5O3S. The van der Waals surface area contributed by atoms with Crippen molar-refractivity contribution in [1.82, 2.24) is 19.5 Å². The molecule has 0 saturated carbocycles.